The Bertz CT molecular complexity index is 136. The van der Waals surface area contributed by atoms with Crippen LogP contribution < -0.4 is 9.30 Å². The summed E-state index contributed by atoms with van der Waals surface area (Å²) in [5.74, 6) is 0. The van der Waals surface area contributed by atoms with E-state index < -0.39 is 12.6 Å². The Morgan fingerprint density at radius 3 is 2.25 bits per heavy atom. The van der Waals surface area contributed by atoms with Gasteiger partial charge in [-0.3, -0.25) is 0 Å². The molecule has 6 radical (unpaired) electrons. The fourth-order valence-corrected chi connectivity index (χ4v) is 4.62. The van der Waals surface area contributed by atoms with E-state index >= 15 is 0 Å². The zero-order valence-electron chi connectivity index (χ0n) is 6.00. The molecule has 0 amide bonds. The number of rotatable bonds is 2. The Hall–Kier alpha value is 0.321. The van der Waals surface area contributed by atoms with Gasteiger partial charge in [-0.1, -0.05) is 0 Å². The molecule has 0 aromatic rings. The molecule has 0 bridgehead atoms. The van der Waals surface area contributed by atoms with E-state index in [-0.39, 0.29) is 6.54 Å². The first-order valence-corrected chi connectivity index (χ1v) is 6.08. The van der Waals surface area contributed by atoms with Crippen LogP contribution in [-0.2, 0) is 0 Å². The number of hydrogen-bond acceptors (Lipinski definition) is 3. The second-order valence-electron chi connectivity index (χ2n) is 2.12. The minimum Gasteiger partial charge on any atom is -0.337 e. The normalized spacial score (nSPS) is 21.2. The largest absolute Gasteiger partial charge is 0.390 e. The van der Waals surface area contributed by atoms with Crippen molar-refractivity contribution >= 4 is 29.5 Å². The van der Waals surface area contributed by atoms with Gasteiger partial charge in [0.05, 0.1) is 6.42 Å². The molecule has 0 saturated carbocycles. The van der Waals surface area contributed by atoms with Crippen LogP contribution in [0.15, 0.2) is 0 Å². The van der Waals surface area contributed by atoms with Crippen molar-refractivity contribution in [2.75, 3.05) is 6.54 Å². The van der Waals surface area contributed by atoms with Crippen LogP contribution in [0, 0.1) is 0 Å². The molecule has 0 aliphatic carbocycles. The second kappa shape index (κ2) is 4.53. The summed E-state index contributed by atoms with van der Waals surface area (Å²) in [4.78, 5) is 0. The van der Waals surface area contributed by atoms with Crippen molar-refractivity contribution in [1.82, 2.24) is 13.5 Å². The summed E-state index contributed by atoms with van der Waals surface area (Å²) in [6, 6.07) is 0. The van der Waals surface area contributed by atoms with Crippen molar-refractivity contribution < 1.29 is 13.2 Å². The number of halogens is 3. The molecule has 1 aliphatic rings. The van der Waals surface area contributed by atoms with Crippen molar-refractivity contribution in [3.8, 4) is 0 Å². The lowest BCUT2D eigenvalue weighted by Gasteiger charge is -2.24. The van der Waals surface area contributed by atoms with Gasteiger partial charge in [-0.25, -0.2) is 0 Å². The monoisotopic (exact) mass is 225 g/mol. The van der Waals surface area contributed by atoms with Crippen molar-refractivity contribution in [3.05, 3.63) is 0 Å². The maximum Gasteiger partial charge on any atom is 0.390 e. The lowest BCUT2D eigenvalue weighted by Crippen LogP contribution is -2.58. The summed E-state index contributed by atoms with van der Waals surface area (Å²) in [6.45, 7) is 0.0882. The maximum atomic E-state index is 11.8. The zero-order valence-corrected chi connectivity index (χ0v) is 9.00. The third-order valence-electron chi connectivity index (χ3n) is 1.13. The highest BCUT2D eigenvalue weighted by Crippen LogP contribution is 2.19. The Labute approximate surface area is 76.0 Å². The molecule has 0 aromatic heterocycles. The first-order chi connectivity index (χ1) is 5.58. The standard InChI is InChI=1S/C3H6F3N3Si3/c4-3(5,6)1-2-9-11-7-10-8-12-9/h7-8H,1-2H2. The molecule has 66 valence electrons. The van der Waals surface area contributed by atoms with E-state index in [1.165, 1.54) is 0 Å². The average molecular weight is 225 g/mol. The molecular formula is C3H6F3N3Si3. The molecule has 12 heavy (non-hydrogen) atoms. The molecule has 0 atom stereocenters. The van der Waals surface area contributed by atoms with Crippen molar-refractivity contribution in [2.24, 2.45) is 0 Å². The summed E-state index contributed by atoms with van der Waals surface area (Å²) in [5.41, 5.74) is 0. The van der Waals surface area contributed by atoms with Crippen LogP contribution in [0.3, 0.4) is 0 Å². The third kappa shape index (κ3) is 4.37. The predicted molar refractivity (Wildman–Crippen MR) is 40.9 cm³/mol. The highest BCUT2D eigenvalue weighted by atomic mass is 28.4. The van der Waals surface area contributed by atoms with Gasteiger partial charge in [-0.05, 0) is 6.54 Å². The van der Waals surface area contributed by atoms with Gasteiger partial charge >= 0.3 is 6.18 Å². The number of nitrogens with one attached hydrogen (secondary N) is 2. The summed E-state index contributed by atoms with van der Waals surface area (Å²) >= 11 is 0. The zero-order chi connectivity index (χ0) is 9.03. The van der Waals surface area contributed by atoms with Crippen LogP contribution >= 0.6 is 0 Å². The van der Waals surface area contributed by atoms with E-state index in [1.54, 1.807) is 4.23 Å². The van der Waals surface area contributed by atoms with E-state index in [9.17, 15) is 13.2 Å². The van der Waals surface area contributed by atoms with Crippen LogP contribution in [0.2, 0.25) is 0 Å². The summed E-state index contributed by atoms with van der Waals surface area (Å²) in [5, 5.41) is 0. The number of hydrogen-bond donors (Lipinski definition) is 2. The first-order valence-electron chi connectivity index (χ1n) is 3.18. The lowest BCUT2D eigenvalue weighted by atomic mass is 10.4. The van der Waals surface area contributed by atoms with Gasteiger partial charge in [0, 0.05) is 0 Å². The molecule has 3 nitrogen and oxygen atoms in total. The maximum absolute atomic E-state index is 11.8. The van der Waals surface area contributed by atoms with Crippen molar-refractivity contribution in [2.45, 2.75) is 12.6 Å². The first kappa shape index (κ1) is 10.4. The molecule has 0 spiro atoms. The Morgan fingerprint density at radius 1 is 1.17 bits per heavy atom. The Morgan fingerprint density at radius 2 is 1.75 bits per heavy atom. The van der Waals surface area contributed by atoms with E-state index in [4.69, 9.17) is 0 Å². The molecule has 1 rings (SSSR count). The summed E-state index contributed by atoms with van der Waals surface area (Å²) < 4.78 is 43.0. The van der Waals surface area contributed by atoms with Gasteiger partial charge in [0.25, 0.3) is 0 Å². The van der Waals surface area contributed by atoms with Crippen LogP contribution in [0.25, 0.3) is 0 Å². The topological polar surface area (TPSA) is 27.3 Å². The molecule has 1 heterocycles. The quantitative estimate of drug-likeness (QED) is 0.593. The predicted octanol–water partition coefficient (Wildman–Crippen LogP) is -0.964. The molecule has 1 saturated heterocycles. The highest BCUT2D eigenvalue weighted by Gasteiger charge is 2.28. The lowest BCUT2D eigenvalue weighted by molar-refractivity contribution is -0.134. The van der Waals surface area contributed by atoms with E-state index in [2.05, 4.69) is 9.30 Å². The fourth-order valence-electron chi connectivity index (χ4n) is 0.600. The number of alkyl halides is 3. The number of nitrogens with zero attached hydrogens (tertiary/aromatic N) is 1. The van der Waals surface area contributed by atoms with Crippen LogP contribution in [0.1, 0.15) is 6.42 Å². The molecule has 1 aliphatic heterocycles. The van der Waals surface area contributed by atoms with Crippen molar-refractivity contribution in [3.63, 3.8) is 0 Å². The molecule has 0 aromatic carbocycles. The van der Waals surface area contributed by atoms with Gasteiger partial charge in [-0.2, -0.15) is 13.2 Å². The SMILES string of the molecule is FC(F)(F)CCN1[Si]N[Si]N[Si]1. The molecule has 0 unspecified atom stereocenters. The highest BCUT2D eigenvalue weighted by molar-refractivity contribution is 6.65. The van der Waals surface area contributed by atoms with Crippen LogP contribution in [-0.4, -0.2) is 46.5 Å². The van der Waals surface area contributed by atoms with E-state index in [0.717, 1.165) is 0 Å². The smallest absolute Gasteiger partial charge is 0.337 e. The second-order valence-corrected chi connectivity index (χ2v) is 6.34. The molecule has 9 heteroatoms. The van der Waals surface area contributed by atoms with Gasteiger partial charge in [0.15, 0.2) is 0 Å². The van der Waals surface area contributed by atoms with Gasteiger partial charge in [0.2, 0.25) is 29.5 Å². The molecular weight excluding hydrogens is 219 g/mol. The molecule has 1 fully saturated rings. The minimum absolute atomic E-state index is 0.0882. The van der Waals surface area contributed by atoms with Gasteiger partial charge in [0.1, 0.15) is 0 Å². The minimum atomic E-state index is -4.03. The fraction of sp³-hybridized carbons (Fsp3) is 1.00. The van der Waals surface area contributed by atoms with Crippen LogP contribution in [0.5, 0.6) is 0 Å². The molecule has 2 N–H and O–H groups in total. The van der Waals surface area contributed by atoms with E-state index in [1.807, 2.05) is 0 Å². The van der Waals surface area contributed by atoms with Gasteiger partial charge in [-0.15, -0.1) is 0 Å². The van der Waals surface area contributed by atoms with Crippen molar-refractivity contribution in [1.29, 1.82) is 0 Å². The van der Waals surface area contributed by atoms with E-state index in [0.29, 0.717) is 29.5 Å². The van der Waals surface area contributed by atoms with Crippen LogP contribution in [0.4, 0.5) is 13.2 Å². The Kier molecular flexibility index (Phi) is 3.92. The summed E-state index contributed by atoms with van der Waals surface area (Å²) in [6.07, 6.45) is -4.76. The average Bonchev–Trinajstić information content (AvgIpc) is 2.02. The Balaban J connectivity index is 2.13. The van der Waals surface area contributed by atoms with Gasteiger partial charge < -0.3 is 13.5 Å². The summed E-state index contributed by atoms with van der Waals surface area (Å²) in [7, 11) is 1.13. The third-order valence-corrected chi connectivity index (χ3v) is 4.68.